The van der Waals surface area contributed by atoms with Crippen LogP contribution >= 0.6 is 23.7 Å². The Hall–Kier alpha value is -1.69. The van der Waals surface area contributed by atoms with Crippen LogP contribution in [0.5, 0.6) is 0 Å². The third-order valence-electron chi connectivity index (χ3n) is 6.82. The maximum atomic E-state index is 12.9. The van der Waals surface area contributed by atoms with Gasteiger partial charge in [-0.3, -0.25) is 9.36 Å². The van der Waals surface area contributed by atoms with Crippen molar-refractivity contribution in [2.45, 2.75) is 57.9 Å². The Bertz CT molecular complexity index is 1080. The Kier molecular flexibility index (Phi) is 6.61. The van der Waals surface area contributed by atoms with Gasteiger partial charge in [-0.05, 0) is 86.5 Å². The highest BCUT2D eigenvalue weighted by Crippen LogP contribution is 2.34. The fourth-order valence-corrected chi connectivity index (χ4v) is 5.95. The van der Waals surface area contributed by atoms with Gasteiger partial charge in [0.15, 0.2) is 0 Å². The summed E-state index contributed by atoms with van der Waals surface area (Å²) in [6, 6.07) is 9.03. The molecule has 6 heteroatoms. The molecule has 4 heterocycles. The van der Waals surface area contributed by atoms with Gasteiger partial charge in [0, 0.05) is 35.5 Å². The number of piperidine rings is 1. The molecule has 0 radical (unpaired) electrons. The highest BCUT2D eigenvalue weighted by molar-refractivity contribution is 7.17. The van der Waals surface area contributed by atoms with Gasteiger partial charge in [-0.15, -0.1) is 23.7 Å². The van der Waals surface area contributed by atoms with Gasteiger partial charge in [0.25, 0.3) is 5.56 Å². The molecule has 1 fully saturated rings. The number of rotatable bonds is 4. The molecule has 0 aliphatic carbocycles. The van der Waals surface area contributed by atoms with E-state index >= 15 is 0 Å². The van der Waals surface area contributed by atoms with E-state index in [0.29, 0.717) is 5.92 Å². The molecule has 3 aromatic rings. The monoisotopic (exact) mass is 443 g/mol. The van der Waals surface area contributed by atoms with Crippen LogP contribution in [0.1, 0.15) is 54.2 Å². The molecule has 0 atom stereocenters. The number of hydrogen-bond donors (Lipinski definition) is 0. The van der Waals surface area contributed by atoms with E-state index in [4.69, 9.17) is 4.98 Å². The molecule has 2 aliphatic heterocycles. The smallest absolute Gasteiger partial charge is 0.256 e. The van der Waals surface area contributed by atoms with Crippen LogP contribution in [0.4, 0.5) is 0 Å². The first kappa shape index (κ1) is 21.5. The molecule has 0 saturated carbocycles. The summed E-state index contributed by atoms with van der Waals surface area (Å²) in [5.74, 6) is 1.65. The quantitative estimate of drug-likeness (QED) is 0.572. The molecule has 5 rings (SSSR count). The van der Waals surface area contributed by atoms with E-state index in [2.05, 4.69) is 34.5 Å². The number of thiophene rings is 1. The van der Waals surface area contributed by atoms with Crippen LogP contribution in [0, 0.1) is 6.92 Å². The number of halogens is 1. The largest absolute Gasteiger partial charge is 0.303 e. The van der Waals surface area contributed by atoms with Crippen LogP contribution < -0.4 is 5.56 Å². The van der Waals surface area contributed by atoms with E-state index in [1.807, 2.05) is 22.8 Å². The summed E-state index contributed by atoms with van der Waals surface area (Å²) < 4.78 is 3.33. The molecule has 0 amide bonds. The van der Waals surface area contributed by atoms with Crippen molar-refractivity contribution < 1.29 is 0 Å². The summed E-state index contributed by atoms with van der Waals surface area (Å²) >= 11 is 1.84. The third-order valence-corrected chi connectivity index (χ3v) is 7.70. The van der Waals surface area contributed by atoms with Crippen molar-refractivity contribution in [3.63, 3.8) is 0 Å². The lowest BCUT2D eigenvalue weighted by Gasteiger charge is -2.32. The molecule has 0 unspecified atom stereocenters. The standard InChI is InChI=1S/C24H29N3OS.ClH/c1-17-19(24(28)27-12-3-2-7-23(27)25-17)10-15-26-13-8-18(9-14-26)20-5-4-6-22-21(20)11-16-29-22;/h4-6,11,16,18H,2-3,7-10,12-15H2,1H3;1H. The highest BCUT2D eigenvalue weighted by atomic mass is 35.5. The van der Waals surface area contributed by atoms with Crippen LogP contribution in [0.2, 0.25) is 0 Å². The summed E-state index contributed by atoms with van der Waals surface area (Å²) in [6.45, 7) is 6.05. The summed E-state index contributed by atoms with van der Waals surface area (Å²) in [6.07, 6.45) is 6.43. The molecule has 160 valence electrons. The van der Waals surface area contributed by atoms with E-state index in [9.17, 15) is 4.79 Å². The molecule has 30 heavy (non-hydrogen) atoms. The second-order valence-corrected chi connectivity index (χ2v) is 9.50. The van der Waals surface area contributed by atoms with Gasteiger partial charge in [-0.1, -0.05) is 12.1 Å². The minimum absolute atomic E-state index is 0. The van der Waals surface area contributed by atoms with Gasteiger partial charge >= 0.3 is 0 Å². The number of aromatic nitrogens is 2. The van der Waals surface area contributed by atoms with Crippen LogP contribution in [-0.4, -0.2) is 34.1 Å². The maximum Gasteiger partial charge on any atom is 0.256 e. The predicted octanol–water partition coefficient (Wildman–Crippen LogP) is 4.95. The molecule has 2 aromatic heterocycles. The maximum absolute atomic E-state index is 12.9. The van der Waals surface area contributed by atoms with Crippen LogP contribution in [0.15, 0.2) is 34.4 Å². The zero-order valence-corrected chi connectivity index (χ0v) is 19.2. The first-order chi connectivity index (χ1) is 14.2. The molecule has 0 bridgehead atoms. The van der Waals surface area contributed by atoms with Gasteiger partial charge in [-0.25, -0.2) is 4.98 Å². The van der Waals surface area contributed by atoms with E-state index < -0.39 is 0 Å². The summed E-state index contributed by atoms with van der Waals surface area (Å²) in [4.78, 5) is 20.2. The number of fused-ring (bicyclic) bond motifs is 2. The van der Waals surface area contributed by atoms with Crippen molar-refractivity contribution in [2.75, 3.05) is 19.6 Å². The van der Waals surface area contributed by atoms with Gasteiger partial charge in [0.1, 0.15) is 5.82 Å². The Morgan fingerprint density at radius 2 is 1.97 bits per heavy atom. The molecule has 1 aromatic carbocycles. The minimum Gasteiger partial charge on any atom is -0.303 e. The van der Waals surface area contributed by atoms with E-state index in [1.54, 1.807) is 0 Å². The summed E-state index contributed by atoms with van der Waals surface area (Å²) in [5, 5.41) is 3.65. The van der Waals surface area contributed by atoms with E-state index in [-0.39, 0.29) is 18.0 Å². The fraction of sp³-hybridized carbons (Fsp3) is 0.500. The highest BCUT2D eigenvalue weighted by Gasteiger charge is 2.23. The van der Waals surface area contributed by atoms with Crippen molar-refractivity contribution >= 4 is 33.8 Å². The zero-order valence-electron chi connectivity index (χ0n) is 17.6. The molecule has 2 aliphatic rings. The van der Waals surface area contributed by atoms with Crippen molar-refractivity contribution in [1.29, 1.82) is 0 Å². The number of hydrogen-bond acceptors (Lipinski definition) is 4. The van der Waals surface area contributed by atoms with Gasteiger partial charge in [0.2, 0.25) is 0 Å². The van der Waals surface area contributed by atoms with E-state index in [0.717, 1.165) is 68.9 Å². The Morgan fingerprint density at radius 1 is 1.13 bits per heavy atom. The lowest BCUT2D eigenvalue weighted by Crippen LogP contribution is -2.37. The van der Waals surface area contributed by atoms with Crippen molar-refractivity contribution in [3.8, 4) is 0 Å². The normalized spacial score (nSPS) is 17.6. The molecule has 0 spiro atoms. The van der Waals surface area contributed by atoms with Crippen molar-refractivity contribution in [3.05, 3.63) is 62.6 Å². The summed E-state index contributed by atoms with van der Waals surface area (Å²) in [7, 11) is 0. The Morgan fingerprint density at radius 3 is 2.80 bits per heavy atom. The topological polar surface area (TPSA) is 38.1 Å². The van der Waals surface area contributed by atoms with Gasteiger partial charge in [0.05, 0.1) is 0 Å². The molecule has 1 saturated heterocycles. The fourth-order valence-electron chi connectivity index (χ4n) is 5.13. The minimum atomic E-state index is 0. The zero-order chi connectivity index (χ0) is 19.8. The number of benzene rings is 1. The first-order valence-corrected chi connectivity index (χ1v) is 11.9. The first-order valence-electron chi connectivity index (χ1n) is 11.0. The van der Waals surface area contributed by atoms with Crippen molar-refractivity contribution in [1.82, 2.24) is 14.5 Å². The second kappa shape index (κ2) is 9.21. The van der Waals surface area contributed by atoms with E-state index in [1.165, 1.54) is 28.5 Å². The van der Waals surface area contributed by atoms with Crippen LogP contribution in [0.3, 0.4) is 0 Å². The number of nitrogens with zero attached hydrogens (tertiary/aromatic N) is 3. The molecular formula is C24H30ClN3OS. The average Bonchev–Trinajstić information content (AvgIpc) is 3.23. The van der Waals surface area contributed by atoms with Crippen molar-refractivity contribution in [2.24, 2.45) is 0 Å². The Balaban J connectivity index is 0.00000218. The Labute approximate surface area is 188 Å². The number of likely N-dealkylation sites (tertiary alicyclic amines) is 1. The molecule has 0 N–H and O–H groups in total. The third kappa shape index (κ3) is 4.08. The summed E-state index contributed by atoms with van der Waals surface area (Å²) in [5.41, 5.74) is 3.62. The van der Waals surface area contributed by atoms with Crippen LogP contribution in [-0.2, 0) is 19.4 Å². The average molecular weight is 444 g/mol. The SMILES string of the molecule is Cc1nc2n(c(=O)c1CCN1CCC(c3cccc4sccc34)CC1)CCCC2.Cl. The number of aryl methyl sites for hydroxylation is 2. The molecular weight excluding hydrogens is 414 g/mol. The second-order valence-electron chi connectivity index (χ2n) is 8.55. The van der Waals surface area contributed by atoms with Crippen LogP contribution in [0.25, 0.3) is 10.1 Å². The lowest BCUT2D eigenvalue weighted by molar-refractivity contribution is 0.214. The predicted molar refractivity (Wildman–Crippen MR) is 127 cm³/mol. The van der Waals surface area contributed by atoms with Gasteiger partial charge < -0.3 is 4.90 Å². The van der Waals surface area contributed by atoms with Gasteiger partial charge in [-0.2, -0.15) is 0 Å². The lowest BCUT2D eigenvalue weighted by atomic mass is 9.87. The molecule has 4 nitrogen and oxygen atoms in total.